The Bertz CT molecular complexity index is 368. The second kappa shape index (κ2) is 4.02. The van der Waals surface area contributed by atoms with Gasteiger partial charge in [0, 0.05) is 0 Å². The fraction of sp³-hybridized carbons (Fsp3) is 0.750. The van der Waals surface area contributed by atoms with E-state index in [-0.39, 0.29) is 0 Å². The standard InChI is InChI=1S/C8H7F6NO3/c9-7(10,11)5(18)15-6(8(12,13)14)1-3(2-6)4(16)17/h3H,1-2H2,(H,15,18)(H,16,17). The molecule has 0 atom stereocenters. The second-order valence-electron chi connectivity index (χ2n) is 3.98. The van der Waals surface area contributed by atoms with Crippen molar-refractivity contribution in [3.8, 4) is 0 Å². The average Bonchev–Trinajstić information content (AvgIpc) is 2.05. The maximum atomic E-state index is 12.6. The number of carbonyl (C=O) groups excluding carboxylic acids is 1. The van der Waals surface area contributed by atoms with Crippen molar-refractivity contribution in [1.29, 1.82) is 0 Å². The molecule has 1 aliphatic carbocycles. The van der Waals surface area contributed by atoms with Crippen molar-refractivity contribution >= 4 is 11.9 Å². The molecule has 0 radical (unpaired) electrons. The molecule has 0 bridgehead atoms. The molecule has 0 aliphatic heterocycles. The Balaban J connectivity index is 2.85. The van der Waals surface area contributed by atoms with Crippen LogP contribution in [0.1, 0.15) is 12.8 Å². The van der Waals surface area contributed by atoms with E-state index in [1.54, 1.807) is 0 Å². The Morgan fingerprint density at radius 2 is 1.56 bits per heavy atom. The van der Waals surface area contributed by atoms with Crippen molar-refractivity contribution in [3.05, 3.63) is 0 Å². The highest BCUT2D eigenvalue weighted by Gasteiger charge is 2.65. The average molecular weight is 279 g/mol. The number of alkyl halides is 6. The van der Waals surface area contributed by atoms with Gasteiger partial charge in [0.15, 0.2) is 0 Å². The minimum absolute atomic E-state index is 0.842. The number of nitrogens with one attached hydrogen (secondary N) is 1. The van der Waals surface area contributed by atoms with Crippen LogP contribution in [0.3, 0.4) is 0 Å². The molecule has 0 aromatic rings. The number of aliphatic carboxylic acids is 1. The lowest BCUT2D eigenvalue weighted by molar-refractivity contribution is -0.238. The lowest BCUT2D eigenvalue weighted by atomic mass is 9.67. The van der Waals surface area contributed by atoms with Gasteiger partial charge >= 0.3 is 24.2 Å². The number of carbonyl (C=O) groups is 2. The van der Waals surface area contributed by atoms with E-state index in [9.17, 15) is 35.9 Å². The van der Waals surface area contributed by atoms with Crippen LogP contribution in [0.25, 0.3) is 0 Å². The molecule has 0 aromatic heterocycles. The minimum atomic E-state index is -5.45. The van der Waals surface area contributed by atoms with E-state index in [1.807, 2.05) is 0 Å². The van der Waals surface area contributed by atoms with Crippen molar-refractivity contribution in [2.45, 2.75) is 30.7 Å². The van der Waals surface area contributed by atoms with Gasteiger partial charge in [-0.2, -0.15) is 26.3 Å². The molecule has 104 valence electrons. The van der Waals surface area contributed by atoms with E-state index in [0.717, 1.165) is 5.32 Å². The fourth-order valence-electron chi connectivity index (χ4n) is 1.65. The molecule has 1 saturated carbocycles. The second-order valence-corrected chi connectivity index (χ2v) is 3.98. The van der Waals surface area contributed by atoms with E-state index in [4.69, 9.17) is 5.11 Å². The van der Waals surface area contributed by atoms with Crippen LogP contribution in [0.5, 0.6) is 0 Å². The number of amides is 1. The first-order valence-electron chi connectivity index (χ1n) is 4.58. The smallest absolute Gasteiger partial charge is 0.471 e. The van der Waals surface area contributed by atoms with E-state index in [2.05, 4.69) is 0 Å². The molecule has 1 fully saturated rings. The Labute approximate surface area is 95.9 Å². The van der Waals surface area contributed by atoms with Gasteiger partial charge in [0.1, 0.15) is 5.54 Å². The molecule has 0 heterocycles. The molecule has 0 unspecified atom stereocenters. The third-order valence-corrected chi connectivity index (χ3v) is 2.69. The van der Waals surface area contributed by atoms with Crippen LogP contribution in [0, 0.1) is 5.92 Å². The predicted octanol–water partition coefficient (Wildman–Crippen LogP) is 1.46. The summed E-state index contributed by atoms with van der Waals surface area (Å²) in [6.45, 7) is 0. The molecular formula is C8H7F6NO3. The number of hydrogen-bond donors (Lipinski definition) is 2. The summed E-state index contributed by atoms with van der Waals surface area (Å²) in [6, 6.07) is 0. The lowest BCUT2D eigenvalue weighted by Gasteiger charge is -2.47. The zero-order chi connectivity index (χ0) is 14.4. The topological polar surface area (TPSA) is 66.4 Å². The number of carboxylic acid groups (broad SMARTS) is 1. The lowest BCUT2D eigenvalue weighted by Crippen LogP contribution is -2.68. The quantitative estimate of drug-likeness (QED) is 0.752. The van der Waals surface area contributed by atoms with Crippen molar-refractivity contribution < 1.29 is 41.0 Å². The van der Waals surface area contributed by atoms with Crippen LogP contribution >= 0.6 is 0 Å². The molecule has 2 N–H and O–H groups in total. The highest BCUT2D eigenvalue weighted by molar-refractivity contribution is 5.83. The first-order valence-corrected chi connectivity index (χ1v) is 4.58. The van der Waals surface area contributed by atoms with E-state index in [0.29, 0.717) is 0 Å². The highest BCUT2D eigenvalue weighted by atomic mass is 19.4. The van der Waals surface area contributed by atoms with Gasteiger partial charge in [-0.05, 0) is 12.8 Å². The van der Waals surface area contributed by atoms with Crippen LogP contribution in [0.4, 0.5) is 26.3 Å². The van der Waals surface area contributed by atoms with Crippen LogP contribution in [-0.4, -0.2) is 34.9 Å². The van der Waals surface area contributed by atoms with Gasteiger partial charge in [-0.3, -0.25) is 9.59 Å². The first-order chi connectivity index (χ1) is 7.89. The van der Waals surface area contributed by atoms with Gasteiger partial charge in [-0.15, -0.1) is 0 Å². The molecular weight excluding hydrogens is 272 g/mol. The number of rotatable bonds is 2. The van der Waals surface area contributed by atoms with E-state index < -0.39 is 48.5 Å². The number of carboxylic acids is 1. The molecule has 10 heteroatoms. The largest absolute Gasteiger partial charge is 0.481 e. The molecule has 0 saturated heterocycles. The SMILES string of the molecule is O=C(O)C1CC(NC(=O)C(F)(F)F)(C(F)(F)F)C1. The van der Waals surface area contributed by atoms with E-state index >= 15 is 0 Å². The molecule has 18 heavy (non-hydrogen) atoms. The van der Waals surface area contributed by atoms with Crippen LogP contribution in [-0.2, 0) is 9.59 Å². The minimum Gasteiger partial charge on any atom is -0.481 e. The van der Waals surface area contributed by atoms with Gasteiger partial charge in [-0.25, -0.2) is 0 Å². The van der Waals surface area contributed by atoms with Gasteiger partial charge in [-0.1, -0.05) is 0 Å². The Morgan fingerprint density at radius 3 is 1.83 bits per heavy atom. The maximum Gasteiger partial charge on any atom is 0.471 e. The summed E-state index contributed by atoms with van der Waals surface area (Å²) in [6.07, 6.45) is -12.8. The molecule has 1 rings (SSSR count). The zero-order valence-electron chi connectivity index (χ0n) is 8.52. The zero-order valence-corrected chi connectivity index (χ0v) is 8.52. The number of hydrogen-bond acceptors (Lipinski definition) is 2. The Kier molecular flexibility index (Phi) is 3.26. The molecule has 0 aromatic carbocycles. The van der Waals surface area contributed by atoms with Crippen LogP contribution in [0.2, 0.25) is 0 Å². The highest BCUT2D eigenvalue weighted by Crippen LogP contribution is 2.49. The van der Waals surface area contributed by atoms with Gasteiger partial charge in [0.05, 0.1) is 5.92 Å². The summed E-state index contributed by atoms with van der Waals surface area (Å²) >= 11 is 0. The fourth-order valence-corrected chi connectivity index (χ4v) is 1.65. The monoisotopic (exact) mass is 279 g/mol. The summed E-state index contributed by atoms with van der Waals surface area (Å²) < 4.78 is 73.4. The van der Waals surface area contributed by atoms with Crippen LogP contribution in [0.15, 0.2) is 0 Å². The molecule has 1 aliphatic rings. The van der Waals surface area contributed by atoms with Gasteiger partial charge in [0.25, 0.3) is 0 Å². The van der Waals surface area contributed by atoms with Gasteiger partial charge < -0.3 is 10.4 Å². The Morgan fingerprint density at radius 1 is 1.11 bits per heavy atom. The van der Waals surface area contributed by atoms with Crippen LogP contribution < -0.4 is 5.32 Å². The molecule has 0 spiro atoms. The summed E-state index contributed by atoms with van der Waals surface area (Å²) in [5.41, 5.74) is -3.11. The van der Waals surface area contributed by atoms with E-state index in [1.165, 1.54) is 0 Å². The van der Waals surface area contributed by atoms with Crippen molar-refractivity contribution in [2.24, 2.45) is 5.92 Å². The molecule has 4 nitrogen and oxygen atoms in total. The maximum absolute atomic E-state index is 12.6. The normalized spacial score (nSPS) is 28.4. The first kappa shape index (κ1) is 14.6. The summed E-state index contributed by atoms with van der Waals surface area (Å²) in [7, 11) is 0. The summed E-state index contributed by atoms with van der Waals surface area (Å²) in [5, 5.41) is 9.27. The number of halogens is 6. The summed E-state index contributed by atoms with van der Waals surface area (Å²) in [4.78, 5) is 20.9. The van der Waals surface area contributed by atoms with Crippen molar-refractivity contribution in [3.63, 3.8) is 0 Å². The van der Waals surface area contributed by atoms with Crippen molar-refractivity contribution in [1.82, 2.24) is 5.32 Å². The summed E-state index contributed by atoms with van der Waals surface area (Å²) in [5.74, 6) is -5.69. The van der Waals surface area contributed by atoms with Gasteiger partial charge in [0.2, 0.25) is 0 Å². The third kappa shape index (κ3) is 2.51. The third-order valence-electron chi connectivity index (χ3n) is 2.69. The Hall–Kier alpha value is -1.48. The molecule has 1 amide bonds. The van der Waals surface area contributed by atoms with Crippen molar-refractivity contribution in [2.75, 3.05) is 0 Å². The predicted molar refractivity (Wildman–Crippen MR) is 43.3 cm³/mol.